The molecule has 1 aliphatic rings. The number of nitriles is 1. The number of hydrogen-bond donors (Lipinski definition) is 1. The van der Waals surface area contributed by atoms with Crippen LogP contribution in [0, 0.1) is 17.2 Å². The normalized spacial score (nSPS) is 24.0. The largest absolute Gasteiger partial charge is 0.382 e. The zero-order valence-electron chi connectivity index (χ0n) is 10.1. The second-order valence-electron chi connectivity index (χ2n) is 4.62. The molecule has 90 valence electrons. The van der Waals surface area contributed by atoms with Crippen LogP contribution in [0.5, 0.6) is 0 Å². The molecule has 3 nitrogen and oxygen atoms in total. The lowest BCUT2D eigenvalue weighted by Gasteiger charge is -2.30. The molecule has 1 aromatic rings. The maximum atomic E-state index is 8.61. The van der Waals surface area contributed by atoms with Gasteiger partial charge in [-0.05, 0) is 30.0 Å². The summed E-state index contributed by atoms with van der Waals surface area (Å²) in [5, 5.41) is 12.1. The highest BCUT2D eigenvalue weighted by atomic mass is 16.5. The van der Waals surface area contributed by atoms with Crippen LogP contribution in [0.1, 0.15) is 18.9 Å². The Morgan fingerprint density at radius 3 is 2.82 bits per heavy atom. The van der Waals surface area contributed by atoms with E-state index in [0.717, 1.165) is 30.9 Å². The average Bonchev–Trinajstić information content (AvgIpc) is 2.35. The van der Waals surface area contributed by atoms with Crippen molar-refractivity contribution in [2.45, 2.75) is 25.8 Å². The number of nitrogens with zero attached hydrogens (tertiary/aromatic N) is 1. The fourth-order valence-electron chi connectivity index (χ4n) is 2.12. The molecule has 1 heterocycles. The molecule has 3 heteroatoms. The molecular formula is C14H18N2O. The molecule has 1 N–H and O–H groups in total. The van der Waals surface area contributed by atoms with E-state index >= 15 is 0 Å². The first kappa shape index (κ1) is 11.9. The maximum absolute atomic E-state index is 8.61. The van der Waals surface area contributed by atoms with Crippen LogP contribution in [0.25, 0.3) is 0 Å². The maximum Gasteiger partial charge on any atom is 0.0669 e. The third-order valence-corrected chi connectivity index (χ3v) is 3.23. The highest BCUT2D eigenvalue weighted by Crippen LogP contribution is 2.19. The molecule has 2 unspecified atom stereocenters. The van der Waals surface area contributed by atoms with E-state index in [1.165, 1.54) is 0 Å². The van der Waals surface area contributed by atoms with Crippen molar-refractivity contribution < 1.29 is 4.74 Å². The minimum Gasteiger partial charge on any atom is -0.382 e. The molecular weight excluding hydrogens is 212 g/mol. The Hall–Kier alpha value is -1.53. The molecule has 1 aromatic carbocycles. The first-order valence-electron chi connectivity index (χ1n) is 6.10. The van der Waals surface area contributed by atoms with Crippen LogP contribution < -0.4 is 5.32 Å². The first-order valence-corrected chi connectivity index (χ1v) is 6.10. The zero-order valence-corrected chi connectivity index (χ0v) is 10.1. The third-order valence-electron chi connectivity index (χ3n) is 3.23. The summed E-state index contributed by atoms with van der Waals surface area (Å²) >= 11 is 0. The van der Waals surface area contributed by atoms with E-state index in [9.17, 15) is 0 Å². The van der Waals surface area contributed by atoms with Crippen molar-refractivity contribution >= 4 is 5.69 Å². The van der Waals surface area contributed by atoms with Gasteiger partial charge >= 0.3 is 0 Å². The zero-order chi connectivity index (χ0) is 12.1. The highest BCUT2D eigenvalue weighted by Gasteiger charge is 2.21. The highest BCUT2D eigenvalue weighted by molar-refractivity contribution is 5.46. The minimum atomic E-state index is 0.480. The van der Waals surface area contributed by atoms with Gasteiger partial charge in [0.05, 0.1) is 19.1 Å². The lowest BCUT2D eigenvalue weighted by Crippen LogP contribution is -2.35. The van der Waals surface area contributed by atoms with E-state index in [0.29, 0.717) is 18.4 Å². The van der Waals surface area contributed by atoms with Gasteiger partial charge in [-0.15, -0.1) is 0 Å². The van der Waals surface area contributed by atoms with E-state index in [4.69, 9.17) is 10.00 Å². The van der Waals surface area contributed by atoms with Crippen molar-refractivity contribution in [1.82, 2.24) is 0 Å². The van der Waals surface area contributed by atoms with Crippen LogP contribution in [0.4, 0.5) is 5.69 Å². The van der Waals surface area contributed by atoms with E-state index in [1.54, 1.807) is 0 Å². The number of benzene rings is 1. The predicted octanol–water partition coefficient (Wildman–Crippen LogP) is 2.59. The first-order chi connectivity index (χ1) is 8.29. The number of rotatable bonds is 3. The van der Waals surface area contributed by atoms with E-state index < -0.39 is 0 Å². The van der Waals surface area contributed by atoms with Crippen molar-refractivity contribution in [2.75, 3.05) is 18.5 Å². The van der Waals surface area contributed by atoms with Gasteiger partial charge in [0.15, 0.2) is 0 Å². The van der Waals surface area contributed by atoms with Crippen LogP contribution in [0.2, 0.25) is 0 Å². The fraction of sp³-hybridized carbons (Fsp3) is 0.500. The van der Waals surface area contributed by atoms with Crippen LogP contribution in [0.15, 0.2) is 24.3 Å². The second-order valence-corrected chi connectivity index (χ2v) is 4.62. The van der Waals surface area contributed by atoms with Gasteiger partial charge in [0.1, 0.15) is 0 Å². The van der Waals surface area contributed by atoms with Gasteiger partial charge in [-0.25, -0.2) is 0 Å². The molecule has 1 saturated heterocycles. The summed E-state index contributed by atoms with van der Waals surface area (Å²) < 4.78 is 5.42. The Labute approximate surface area is 102 Å². The van der Waals surface area contributed by atoms with Crippen molar-refractivity contribution in [2.24, 2.45) is 5.92 Å². The summed E-state index contributed by atoms with van der Waals surface area (Å²) in [5.41, 5.74) is 2.20. The molecule has 1 aliphatic heterocycles. The Morgan fingerprint density at radius 2 is 2.18 bits per heavy atom. The quantitative estimate of drug-likeness (QED) is 0.868. The van der Waals surface area contributed by atoms with Gasteiger partial charge in [-0.3, -0.25) is 0 Å². The van der Waals surface area contributed by atoms with Gasteiger partial charge in [-0.1, -0.05) is 19.1 Å². The molecule has 2 atom stereocenters. The summed E-state index contributed by atoms with van der Waals surface area (Å²) in [6.45, 7) is 3.89. The number of anilines is 1. The lowest BCUT2D eigenvalue weighted by molar-refractivity contribution is 0.0538. The number of ether oxygens (including phenoxy) is 1. The van der Waals surface area contributed by atoms with Crippen LogP contribution in [0.3, 0.4) is 0 Å². The third kappa shape index (κ3) is 3.21. The number of nitrogens with one attached hydrogen (secondary N) is 1. The summed E-state index contributed by atoms with van der Waals surface area (Å²) in [4.78, 5) is 0. The van der Waals surface area contributed by atoms with Crippen LogP contribution >= 0.6 is 0 Å². The summed E-state index contributed by atoms with van der Waals surface area (Å²) in [5.74, 6) is 0.544. The Bertz CT molecular complexity index is 394. The molecule has 0 amide bonds. The van der Waals surface area contributed by atoms with E-state index in [2.05, 4.69) is 30.4 Å². The Kier molecular flexibility index (Phi) is 4.00. The molecule has 0 saturated carbocycles. The van der Waals surface area contributed by atoms with Gasteiger partial charge in [0, 0.05) is 18.3 Å². The summed E-state index contributed by atoms with van der Waals surface area (Å²) in [6.07, 6.45) is 1.54. The molecule has 0 spiro atoms. The SMILES string of the molecule is CC1COCCC1Nc1ccc(CC#N)cc1. The van der Waals surface area contributed by atoms with Crippen molar-refractivity contribution in [3.05, 3.63) is 29.8 Å². The molecule has 2 rings (SSSR count). The van der Waals surface area contributed by atoms with Crippen LogP contribution in [-0.2, 0) is 11.2 Å². The lowest BCUT2D eigenvalue weighted by atomic mass is 9.97. The monoisotopic (exact) mass is 230 g/mol. The van der Waals surface area contributed by atoms with Gasteiger partial charge in [0.25, 0.3) is 0 Å². The number of hydrogen-bond acceptors (Lipinski definition) is 3. The van der Waals surface area contributed by atoms with Gasteiger partial charge in [-0.2, -0.15) is 5.26 Å². The van der Waals surface area contributed by atoms with E-state index in [-0.39, 0.29) is 0 Å². The van der Waals surface area contributed by atoms with E-state index in [1.807, 2.05) is 12.1 Å². The molecule has 1 fully saturated rings. The van der Waals surface area contributed by atoms with Crippen molar-refractivity contribution in [3.63, 3.8) is 0 Å². The molecule has 17 heavy (non-hydrogen) atoms. The minimum absolute atomic E-state index is 0.480. The van der Waals surface area contributed by atoms with Crippen molar-refractivity contribution in [3.8, 4) is 6.07 Å². The molecule has 0 aromatic heterocycles. The Morgan fingerprint density at radius 1 is 1.41 bits per heavy atom. The van der Waals surface area contributed by atoms with Crippen LogP contribution in [-0.4, -0.2) is 19.3 Å². The standard InChI is InChI=1S/C14H18N2O/c1-11-10-17-9-7-14(11)16-13-4-2-12(3-5-13)6-8-15/h2-5,11,14,16H,6-7,9-10H2,1H3. The smallest absolute Gasteiger partial charge is 0.0669 e. The van der Waals surface area contributed by atoms with Gasteiger partial charge < -0.3 is 10.1 Å². The topological polar surface area (TPSA) is 45.0 Å². The fourth-order valence-corrected chi connectivity index (χ4v) is 2.12. The predicted molar refractivity (Wildman–Crippen MR) is 67.8 cm³/mol. The second kappa shape index (κ2) is 5.70. The summed E-state index contributed by atoms with van der Waals surface area (Å²) in [6, 6.07) is 10.8. The average molecular weight is 230 g/mol. The molecule has 0 aliphatic carbocycles. The molecule has 0 radical (unpaired) electrons. The Balaban J connectivity index is 1.96. The molecule has 0 bridgehead atoms. The van der Waals surface area contributed by atoms with Gasteiger partial charge in [0.2, 0.25) is 0 Å². The van der Waals surface area contributed by atoms with Crippen molar-refractivity contribution in [1.29, 1.82) is 5.26 Å². The summed E-state index contributed by atoms with van der Waals surface area (Å²) in [7, 11) is 0.